The summed E-state index contributed by atoms with van der Waals surface area (Å²) in [4.78, 5) is 0. The van der Waals surface area contributed by atoms with Gasteiger partial charge in [0.2, 0.25) is 0 Å². The number of methoxy groups -OCH3 is 1. The predicted octanol–water partition coefficient (Wildman–Crippen LogP) is 3.63. The van der Waals surface area contributed by atoms with Gasteiger partial charge in [0.1, 0.15) is 6.61 Å². The Balaban J connectivity index is 1.73. The first-order valence-electron chi connectivity index (χ1n) is 7.84. The summed E-state index contributed by atoms with van der Waals surface area (Å²) in [5.74, 6) is 2.47. The Morgan fingerprint density at radius 3 is 2.65 bits per heavy atom. The van der Waals surface area contributed by atoms with Gasteiger partial charge in [0.15, 0.2) is 11.5 Å². The molecule has 1 aromatic rings. The highest BCUT2D eigenvalue weighted by Gasteiger charge is 2.22. The van der Waals surface area contributed by atoms with E-state index < -0.39 is 0 Å². The summed E-state index contributed by atoms with van der Waals surface area (Å²) in [6, 6.07) is 8.48. The smallest absolute Gasteiger partial charge is 0.161 e. The first kappa shape index (κ1) is 15.2. The van der Waals surface area contributed by atoms with Crippen LogP contribution in [0.1, 0.15) is 39.0 Å². The fraction of sp³-hybridized carbons (Fsp3) is 0.647. The Morgan fingerprint density at radius 2 is 1.90 bits per heavy atom. The van der Waals surface area contributed by atoms with Crippen LogP contribution in [0.25, 0.3) is 0 Å². The molecule has 3 nitrogen and oxygen atoms in total. The van der Waals surface area contributed by atoms with E-state index in [-0.39, 0.29) is 0 Å². The molecule has 0 aromatic heterocycles. The van der Waals surface area contributed by atoms with Crippen molar-refractivity contribution in [1.82, 2.24) is 5.32 Å². The summed E-state index contributed by atoms with van der Waals surface area (Å²) >= 11 is 0. The number of ether oxygens (including phenoxy) is 2. The molecule has 1 fully saturated rings. The van der Waals surface area contributed by atoms with E-state index in [0.717, 1.165) is 24.0 Å². The van der Waals surface area contributed by atoms with Crippen molar-refractivity contribution >= 4 is 0 Å². The van der Waals surface area contributed by atoms with Crippen molar-refractivity contribution < 1.29 is 9.47 Å². The van der Waals surface area contributed by atoms with Gasteiger partial charge in [-0.05, 0) is 30.9 Å². The van der Waals surface area contributed by atoms with E-state index in [9.17, 15) is 0 Å². The number of para-hydroxylation sites is 2. The first-order valence-corrected chi connectivity index (χ1v) is 7.84. The molecule has 2 rings (SSSR count). The number of rotatable bonds is 7. The average Bonchev–Trinajstić information content (AvgIpc) is 2.52. The third kappa shape index (κ3) is 4.14. The van der Waals surface area contributed by atoms with Crippen molar-refractivity contribution in [3.05, 3.63) is 24.3 Å². The second kappa shape index (κ2) is 8.15. The van der Waals surface area contributed by atoms with E-state index in [2.05, 4.69) is 12.2 Å². The van der Waals surface area contributed by atoms with E-state index >= 15 is 0 Å². The zero-order valence-corrected chi connectivity index (χ0v) is 12.7. The average molecular weight is 277 g/mol. The predicted molar refractivity (Wildman–Crippen MR) is 82.5 cm³/mol. The lowest BCUT2D eigenvalue weighted by Gasteiger charge is -2.31. The Labute approximate surface area is 122 Å². The van der Waals surface area contributed by atoms with E-state index in [1.54, 1.807) is 7.11 Å². The van der Waals surface area contributed by atoms with E-state index in [0.29, 0.717) is 12.6 Å². The van der Waals surface area contributed by atoms with E-state index in [4.69, 9.17) is 9.47 Å². The second-order valence-corrected chi connectivity index (χ2v) is 5.51. The molecule has 0 aliphatic heterocycles. The second-order valence-electron chi connectivity index (χ2n) is 5.51. The number of hydrogen-bond acceptors (Lipinski definition) is 3. The third-order valence-corrected chi connectivity index (χ3v) is 4.27. The van der Waals surface area contributed by atoms with Crippen LogP contribution in [0.5, 0.6) is 11.5 Å². The van der Waals surface area contributed by atoms with Crippen LogP contribution in [0.3, 0.4) is 0 Å². The zero-order valence-electron chi connectivity index (χ0n) is 12.7. The van der Waals surface area contributed by atoms with E-state index in [1.807, 2.05) is 24.3 Å². The molecule has 3 heteroatoms. The number of hydrogen-bond donors (Lipinski definition) is 1. The van der Waals surface area contributed by atoms with Crippen LogP contribution in [0.15, 0.2) is 24.3 Å². The molecule has 0 spiro atoms. The van der Waals surface area contributed by atoms with Crippen LogP contribution in [0.2, 0.25) is 0 Å². The molecule has 2 unspecified atom stereocenters. The zero-order chi connectivity index (χ0) is 14.2. The minimum Gasteiger partial charge on any atom is -0.493 e. The highest BCUT2D eigenvalue weighted by Crippen LogP contribution is 2.27. The molecule has 1 aliphatic carbocycles. The molecular formula is C17H27NO2. The molecule has 0 heterocycles. The molecule has 112 valence electrons. The topological polar surface area (TPSA) is 30.5 Å². The van der Waals surface area contributed by atoms with Gasteiger partial charge >= 0.3 is 0 Å². The van der Waals surface area contributed by atoms with Crippen LogP contribution in [0.4, 0.5) is 0 Å². The lowest BCUT2D eigenvalue weighted by molar-refractivity contribution is 0.232. The molecule has 0 saturated heterocycles. The summed E-state index contributed by atoms with van der Waals surface area (Å²) in [5, 5.41) is 3.66. The van der Waals surface area contributed by atoms with Gasteiger partial charge in [-0.1, -0.05) is 38.3 Å². The highest BCUT2D eigenvalue weighted by atomic mass is 16.5. The van der Waals surface area contributed by atoms with Crippen LogP contribution >= 0.6 is 0 Å². The van der Waals surface area contributed by atoms with Gasteiger partial charge in [0, 0.05) is 12.6 Å². The SMILES string of the molecule is CCC1CCCCC1NCCOc1ccccc1OC. The molecule has 20 heavy (non-hydrogen) atoms. The molecule has 0 amide bonds. The Bertz CT molecular complexity index is 394. The van der Waals surface area contributed by atoms with Gasteiger partial charge in [-0.15, -0.1) is 0 Å². The van der Waals surface area contributed by atoms with Gasteiger partial charge in [-0.2, -0.15) is 0 Å². The standard InChI is InChI=1S/C17H27NO2/c1-3-14-8-4-5-9-15(14)18-12-13-20-17-11-7-6-10-16(17)19-2/h6-7,10-11,14-15,18H,3-5,8-9,12-13H2,1-2H3. The minimum atomic E-state index is 0.676. The van der Waals surface area contributed by atoms with Crippen LogP contribution in [0, 0.1) is 5.92 Å². The Morgan fingerprint density at radius 1 is 1.15 bits per heavy atom. The number of benzene rings is 1. The lowest BCUT2D eigenvalue weighted by Crippen LogP contribution is -2.40. The van der Waals surface area contributed by atoms with Crippen molar-refractivity contribution in [2.75, 3.05) is 20.3 Å². The first-order chi connectivity index (χ1) is 9.85. The summed E-state index contributed by atoms with van der Waals surface area (Å²) in [7, 11) is 1.67. The fourth-order valence-corrected chi connectivity index (χ4v) is 3.11. The monoisotopic (exact) mass is 277 g/mol. The van der Waals surface area contributed by atoms with Gasteiger partial charge < -0.3 is 14.8 Å². The van der Waals surface area contributed by atoms with Gasteiger partial charge in [0.05, 0.1) is 7.11 Å². The largest absolute Gasteiger partial charge is 0.493 e. The van der Waals surface area contributed by atoms with Gasteiger partial charge in [-0.25, -0.2) is 0 Å². The van der Waals surface area contributed by atoms with Crippen molar-refractivity contribution in [3.63, 3.8) is 0 Å². The maximum atomic E-state index is 5.80. The molecule has 2 atom stereocenters. The van der Waals surface area contributed by atoms with Gasteiger partial charge in [-0.3, -0.25) is 0 Å². The molecule has 0 radical (unpaired) electrons. The fourth-order valence-electron chi connectivity index (χ4n) is 3.11. The quantitative estimate of drug-likeness (QED) is 0.772. The third-order valence-electron chi connectivity index (χ3n) is 4.27. The molecule has 0 bridgehead atoms. The van der Waals surface area contributed by atoms with Gasteiger partial charge in [0.25, 0.3) is 0 Å². The van der Waals surface area contributed by atoms with E-state index in [1.165, 1.54) is 32.1 Å². The summed E-state index contributed by atoms with van der Waals surface area (Å²) in [5.41, 5.74) is 0. The van der Waals surface area contributed by atoms with Crippen LogP contribution < -0.4 is 14.8 Å². The normalized spacial score (nSPS) is 22.5. The van der Waals surface area contributed by atoms with Crippen molar-refractivity contribution in [2.24, 2.45) is 5.92 Å². The van der Waals surface area contributed by atoms with Crippen molar-refractivity contribution in [2.45, 2.75) is 45.1 Å². The van der Waals surface area contributed by atoms with Crippen molar-refractivity contribution in [1.29, 1.82) is 0 Å². The maximum Gasteiger partial charge on any atom is 0.161 e. The summed E-state index contributed by atoms with van der Waals surface area (Å²) in [6.45, 7) is 3.89. The minimum absolute atomic E-state index is 0.676. The molecular weight excluding hydrogens is 250 g/mol. The molecule has 1 saturated carbocycles. The van der Waals surface area contributed by atoms with Crippen LogP contribution in [-0.2, 0) is 0 Å². The van der Waals surface area contributed by atoms with Crippen LogP contribution in [-0.4, -0.2) is 26.3 Å². The number of nitrogens with one attached hydrogen (secondary N) is 1. The highest BCUT2D eigenvalue weighted by molar-refractivity contribution is 5.39. The van der Waals surface area contributed by atoms with Crippen molar-refractivity contribution in [3.8, 4) is 11.5 Å². The Kier molecular flexibility index (Phi) is 6.19. The Hall–Kier alpha value is -1.22. The molecule has 1 aliphatic rings. The lowest BCUT2D eigenvalue weighted by atomic mass is 9.83. The molecule has 1 N–H and O–H groups in total. The summed E-state index contributed by atoms with van der Waals surface area (Å²) < 4.78 is 11.1. The maximum absolute atomic E-state index is 5.80. The molecule has 1 aromatic carbocycles. The summed E-state index contributed by atoms with van der Waals surface area (Å²) in [6.07, 6.45) is 6.73.